The Bertz CT molecular complexity index is 1440. The molecule has 7 rings (SSSR count). The van der Waals surface area contributed by atoms with E-state index in [1.54, 1.807) is 69.3 Å². The van der Waals surface area contributed by atoms with Crippen molar-refractivity contribution in [3.8, 4) is 0 Å². The van der Waals surface area contributed by atoms with E-state index in [4.69, 9.17) is 27.9 Å². The summed E-state index contributed by atoms with van der Waals surface area (Å²) in [5.74, 6) is -7.72. The zero-order valence-electron chi connectivity index (χ0n) is 21.3. The summed E-state index contributed by atoms with van der Waals surface area (Å²) in [4.78, 5) is 71.9. The molecule has 2 aromatic rings. The van der Waals surface area contributed by atoms with Crippen LogP contribution < -0.4 is 9.80 Å². The monoisotopic (exact) mass is 566 g/mol. The molecular weight excluding hydrogens is 543 g/mol. The van der Waals surface area contributed by atoms with Crippen LogP contribution in [0.1, 0.15) is 20.8 Å². The van der Waals surface area contributed by atoms with Crippen molar-refractivity contribution < 1.29 is 28.7 Å². The number of nitrogens with zero attached hydrogens (tertiary/aromatic N) is 2. The summed E-state index contributed by atoms with van der Waals surface area (Å²) in [5.41, 5.74) is -0.375. The number of carbonyl (C=O) groups excluding carboxylic acids is 5. The first-order valence-corrected chi connectivity index (χ1v) is 13.5. The molecule has 2 aliphatic heterocycles. The molecule has 2 aromatic carbocycles. The molecule has 3 unspecified atom stereocenters. The zero-order valence-corrected chi connectivity index (χ0v) is 22.8. The van der Waals surface area contributed by atoms with Crippen molar-refractivity contribution >= 4 is 64.2 Å². The van der Waals surface area contributed by atoms with E-state index in [0.29, 0.717) is 5.57 Å². The Hall–Kier alpha value is -3.49. The molecule has 6 atom stereocenters. The molecule has 2 bridgehead atoms. The minimum absolute atomic E-state index is 0.0792. The number of para-hydroxylation sites is 2. The highest BCUT2D eigenvalue weighted by Crippen LogP contribution is 2.69. The van der Waals surface area contributed by atoms with Crippen molar-refractivity contribution in [2.45, 2.75) is 20.8 Å². The molecule has 2 saturated heterocycles. The van der Waals surface area contributed by atoms with Crippen LogP contribution in [-0.4, -0.2) is 36.2 Å². The van der Waals surface area contributed by atoms with Gasteiger partial charge in [0, 0.05) is 16.9 Å². The third kappa shape index (κ3) is 3.16. The normalized spacial score (nSPS) is 31.3. The number of amides is 4. The summed E-state index contributed by atoms with van der Waals surface area (Å²) in [5, 5.41) is 0.422. The third-order valence-electron chi connectivity index (χ3n) is 8.87. The zero-order chi connectivity index (χ0) is 28.0. The van der Waals surface area contributed by atoms with Crippen molar-refractivity contribution in [2.24, 2.45) is 35.0 Å². The van der Waals surface area contributed by atoms with Gasteiger partial charge in [0.1, 0.15) is 0 Å². The highest BCUT2D eigenvalue weighted by atomic mass is 35.5. The molecule has 0 aromatic heterocycles. The van der Waals surface area contributed by atoms with Crippen LogP contribution in [0.5, 0.6) is 0 Å². The summed E-state index contributed by atoms with van der Waals surface area (Å²) in [7, 11) is 0. The smallest absolute Gasteiger partial charge is 0.334 e. The lowest BCUT2D eigenvalue weighted by Crippen LogP contribution is -2.61. The van der Waals surface area contributed by atoms with Gasteiger partial charge < -0.3 is 4.74 Å². The van der Waals surface area contributed by atoms with Crippen molar-refractivity contribution in [1.82, 2.24) is 0 Å². The van der Waals surface area contributed by atoms with E-state index in [1.807, 2.05) is 0 Å². The van der Waals surface area contributed by atoms with Gasteiger partial charge in [-0.2, -0.15) is 0 Å². The maximum Gasteiger partial charge on any atom is 0.334 e. The van der Waals surface area contributed by atoms with Crippen molar-refractivity contribution in [3.63, 3.8) is 0 Å². The lowest BCUT2D eigenvalue weighted by atomic mass is 9.43. The van der Waals surface area contributed by atoms with Crippen LogP contribution in [0.3, 0.4) is 0 Å². The predicted octanol–water partition coefficient (Wildman–Crippen LogP) is 4.43. The van der Waals surface area contributed by atoms with Gasteiger partial charge in [-0.1, -0.05) is 60.0 Å². The largest absolute Gasteiger partial charge is 0.463 e. The van der Waals surface area contributed by atoms with E-state index in [0.717, 1.165) is 9.80 Å². The van der Waals surface area contributed by atoms with E-state index < -0.39 is 64.6 Å². The minimum atomic E-state index is -1.49. The number of benzene rings is 2. The third-order valence-corrected chi connectivity index (χ3v) is 9.51. The number of hydrogen-bond acceptors (Lipinski definition) is 6. The van der Waals surface area contributed by atoms with Crippen LogP contribution in [0.2, 0.25) is 10.0 Å². The van der Waals surface area contributed by atoms with Gasteiger partial charge in [0.15, 0.2) is 0 Å². The molecule has 3 fully saturated rings. The van der Waals surface area contributed by atoms with E-state index >= 15 is 0 Å². The standard InChI is InChI=1S/C29H24Cl2N2O6/c1-4-39-28(38)21-13(2)18-19-22(26(36)32(24(19)34)16-11-7-5-9-14(16)30)29(21,3)23-20(18)25(35)33(27(23)37)17-12-8-6-10-15(17)31/h5-12,18-20,22-23H,4H2,1-3H3/t18?,19-,20-,22-,23?,29?/m0/s1. The summed E-state index contributed by atoms with van der Waals surface area (Å²) < 4.78 is 5.39. The molecule has 39 heavy (non-hydrogen) atoms. The first-order valence-electron chi connectivity index (χ1n) is 12.7. The number of imide groups is 2. The fraction of sp³-hybridized carbons (Fsp3) is 0.345. The predicted molar refractivity (Wildman–Crippen MR) is 143 cm³/mol. The maximum atomic E-state index is 14.2. The van der Waals surface area contributed by atoms with Crippen LogP contribution in [0.4, 0.5) is 11.4 Å². The van der Waals surface area contributed by atoms with Gasteiger partial charge in [-0.3, -0.25) is 19.2 Å². The molecule has 1 saturated carbocycles. The second kappa shape index (κ2) is 8.76. The maximum absolute atomic E-state index is 14.2. The fourth-order valence-corrected chi connectivity index (χ4v) is 7.99. The SMILES string of the molecule is CCOC(=O)C1=C(C)C2[C@@H]3C(=O)N(c4ccccc4Cl)C(=O)C3C1(C)[C@@H]1C(=O)N(c3ccccc3Cl)C(=O)[C@@H]21. The van der Waals surface area contributed by atoms with Crippen molar-refractivity contribution in [3.05, 3.63) is 69.7 Å². The Morgan fingerprint density at radius 1 is 0.795 bits per heavy atom. The Balaban J connectivity index is 1.57. The van der Waals surface area contributed by atoms with Gasteiger partial charge in [-0.25, -0.2) is 14.6 Å². The lowest BCUT2D eigenvalue weighted by molar-refractivity contribution is -0.155. The average molecular weight is 567 g/mol. The Morgan fingerprint density at radius 3 is 1.64 bits per heavy atom. The topological polar surface area (TPSA) is 101 Å². The fourth-order valence-electron chi connectivity index (χ4n) is 7.55. The van der Waals surface area contributed by atoms with Crippen LogP contribution in [0.15, 0.2) is 59.7 Å². The molecule has 10 heteroatoms. The van der Waals surface area contributed by atoms with Crippen molar-refractivity contribution in [1.29, 1.82) is 0 Å². The number of halogens is 2. The summed E-state index contributed by atoms with van der Waals surface area (Å²) >= 11 is 12.8. The summed E-state index contributed by atoms with van der Waals surface area (Å²) in [6, 6.07) is 13.0. The van der Waals surface area contributed by atoms with Gasteiger partial charge in [0.05, 0.1) is 51.7 Å². The van der Waals surface area contributed by atoms with Gasteiger partial charge in [-0.15, -0.1) is 0 Å². The summed E-state index contributed by atoms with van der Waals surface area (Å²) in [6.45, 7) is 5.06. The highest BCUT2D eigenvalue weighted by molar-refractivity contribution is 6.37. The number of carbonyl (C=O) groups is 5. The van der Waals surface area contributed by atoms with E-state index in [9.17, 15) is 24.0 Å². The number of esters is 1. The first-order chi connectivity index (χ1) is 18.6. The number of allylic oxidation sites excluding steroid dienone is 1. The molecule has 4 amide bonds. The Kier molecular flexibility index (Phi) is 5.79. The molecule has 0 N–H and O–H groups in total. The molecule has 2 heterocycles. The van der Waals surface area contributed by atoms with Gasteiger partial charge >= 0.3 is 5.97 Å². The molecule has 5 aliphatic rings. The second-order valence-corrected chi connectivity index (χ2v) is 11.3. The van der Waals surface area contributed by atoms with Crippen LogP contribution >= 0.6 is 23.2 Å². The first kappa shape index (κ1) is 25.8. The molecular formula is C29H24Cl2N2O6. The highest BCUT2D eigenvalue weighted by Gasteiger charge is 2.77. The molecule has 0 radical (unpaired) electrons. The van der Waals surface area contributed by atoms with Gasteiger partial charge in [-0.05, 0) is 38.1 Å². The number of anilines is 2. The van der Waals surface area contributed by atoms with E-state index in [-0.39, 0.29) is 33.6 Å². The Labute approximate surface area is 234 Å². The molecule has 200 valence electrons. The van der Waals surface area contributed by atoms with Gasteiger partial charge in [0.2, 0.25) is 23.6 Å². The van der Waals surface area contributed by atoms with Crippen molar-refractivity contribution in [2.75, 3.05) is 16.4 Å². The van der Waals surface area contributed by atoms with E-state index in [2.05, 4.69) is 0 Å². The van der Waals surface area contributed by atoms with Gasteiger partial charge in [0.25, 0.3) is 0 Å². The second-order valence-electron chi connectivity index (χ2n) is 10.5. The molecule has 3 aliphatic carbocycles. The van der Waals surface area contributed by atoms with Crippen LogP contribution in [0.25, 0.3) is 0 Å². The minimum Gasteiger partial charge on any atom is -0.463 e. The average Bonchev–Trinajstić information content (AvgIpc) is 3.31. The quantitative estimate of drug-likeness (QED) is 0.400. The van der Waals surface area contributed by atoms with Crippen LogP contribution in [0, 0.1) is 35.0 Å². The van der Waals surface area contributed by atoms with Crippen LogP contribution in [-0.2, 0) is 28.7 Å². The number of rotatable bonds is 4. The molecule has 8 nitrogen and oxygen atoms in total. The summed E-state index contributed by atoms with van der Waals surface area (Å²) in [6.07, 6.45) is 0. The lowest BCUT2D eigenvalue weighted by Gasteiger charge is -2.55. The van der Waals surface area contributed by atoms with E-state index in [1.165, 1.54) is 0 Å². The number of ether oxygens (including phenoxy) is 1. The number of hydrogen-bond donors (Lipinski definition) is 0. The molecule has 0 spiro atoms. The Morgan fingerprint density at radius 2 is 1.23 bits per heavy atom.